The van der Waals surface area contributed by atoms with E-state index in [0.717, 1.165) is 10.8 Å². The number of H-pyrrole nitrogens is 1. The number of nitrogens with zero attached hydrogens (tertiary/aromatic N) is 1. The van der Waals surface area contributed by atoms with E-state index in [1.165, 1.54) is 0 Å². The summed E-state index contributed by atoms with van der Waals surface area (Å²) in [6.45, 7) is -0.512. The van der Waals surface area contributed by atoms with Crippen LogP contribution in [-0.4, -0.2) is 49.8 Å². The van der Waals surface area contributed by atoms with Gasteiger partial charge in [0.1, 0.15) is 24.0 Å². The number of nitrogen functional groups attached to an aromatic ring is 1. The largest absolute Gasteiger partial charge is 0.394 e. The van der Waals surface area contributed by atoms with Gasteiger partial charge in [0.05, 0.1) is 6.61 Å². The number of anilines is 1. The molecule has 6 N–H and O–H groups in total. The number of aliphatic hydroxyl groups is 3. The van der Waals surface area contributed by atoms with Crippen molar-refractivity contribution in [2.24, 2.45) is 0 Å². The molecule has 100 valence electrons. The van der Waals surface area contributed by atoms with E-state index in [4.69, 9.17) is 15.6 Å². The van der Waals surface area contributed by atoms with Crippen LogP contribution in [0, 0.1) is 0 Å². The molecule has 0 unspecified atom stereocenters. The lowest BCUT2D eigenvalue weighted by Crippen LogP contribution is -2.38. The van der Waals surface area contributed by atoms with Gasteiger partial charge in [0.15, 0.2) is 6.23 Å². The van der Waals surface area contributed by atoms with Gasteiger partial charge >= 0.3 is 5.69 Å². The summed E-state index contributed by atoms with van der Waals surface area (Å²) < 4.78 is 5.99. The molecular weight excluding hydrogens is 246 g/mol. The highest BCUT2D eigenvalue weighted by molar-refractivity contribution is 5.30. The third-order valence-corrected chi connectivity index (χ3v) is 2.79. The van der Waals surface area contributed by atoms with Crippen LogP contribution >= 0.6 is 0 Å². The Morgan fingerprint density at radius 3 is 2.61 bits per heavy atom. The van der Waals surface area contributed by atoms with Crippen LogP contribution in [0.3, 0.4) is 0 Å². The zero-order valence-corrected chi connectivity index (χ0v) is 9.18. The van der Waals surface area contributed by atoms with Crippen molar-refractivity contribution in [3.63, 3.8) is 0 Å². The van der Waals surface area contributed by atoms with E-state index in [1.807, 2.05) is 4.98 Å². The van der Waals surface area contributed by atoms with Crippen LogP contribution in [0.2, 0.25) is 0 Å². The van der Waals surface area contributed by atoms with Crippen LogP contribution < -0.4 is 17.0 Å². The first-order chi connectivity index (χ1) is 8.45. The van der Waals surface area contributed by atoms with E-state index in [9.17, 15) is 19.8 Å². The Morgan fingerprint density at radius 1 is 1.39 bits per heavy atom. The van der Waals surface area contributed by atoms with Crippen molar-refractivity contribution in [1.29, 1.82) is 0 Å². The second kappa shape index (κ2) is 4.53. The molecule has 1 aliphatic rings. The van der Waals surface area contributed by atoms with Gasteiger partial charge in [0.25, 0.3) is 5.56 Å². The van der Waals surface area contributed by atoms with Crippen molar-refractivity contribution in [2.75, 3.05) is 12.3 Å². The van der Waals surface area contributed by atoms with Crippen molar-refractivity contribution in [3.8, 4) is 0 Å². The lowest BCUT2D eigenvalue weighted by Gasteiger charge is -2.17. The number of hydrogen-bond acceptors (Lipinski definition) is 7. The monoisotopic (exact) mass is 259 g/mol. The Hall–Kier alpha value is -1.68. The summed E-state index contributed by atoms with van der Waals surface area (Å²) in [5, 5.41) is 28.2. The number of aliphatic hydroxyl groups excluding tert-OH is 3. The smallest absolute Gasteiger partial charge is 0.330 e. The van der Waals surface area contributed by atoms with Crippen LogP contribution in [0.25, 0.3) is 0 Å². The van der Waals surface area contributed by atoms with Gasteiger partial charge in [-0.3, -0.25) is 14.3 Å². The molecule has 0 radical (unpaired) electrons. The van der Waals surface area contributed by atoms with Crippen molar-refractivity contribution < 1.29 is 20.1 Å². The minimum Gasteiger partial charge on any atom is -0.394 e. The molecule has 4 atom stereocenters. The van der Waals surface area contributed by atoms with E-state index in [-0.39, 0.29) is 5.69 Å². The van der Waals surface area contributed by atoms with Crippen LogP contribution in [0.5, 0.6) is 0 Å². The standard InChI is InChI=1S/C9H13N3O6/c10-3-1-12(9(17)11-7(3)16)8-6(15)5(14)4(2-13)18-8/h1,4-6,8,13-15H,2,10H2,(H,11,16,17)/t4-,5+,6-,8-/m1/s1. The van der Waals surface area contributed by atoms with Crippen LogP contribution in [0.4, 0.5) is 5.69 Å². The summed E-state index contributed by atoms with van der Waals surface area (Å²) >= 11 is 0. The van der Waals surface area contributed by atoms with Crippen molar-refractivity contribution in [3.05, 3.63) is 27.0 Å². The molecule has 0 bridgehead atoms. The van der Waals surface area contributed by atoms with Crippen molar-refractivity contribution >= 4 is 5.69 Å². The quantitative estimate of drug-likeness (QED) is 0.373. The molecule has 0 aliphatic carbocycles. The predicted octanol–water partition coefficient (Wildman–Crippen LogP) is -3.27. The third kappa shape index (κ3) is 1.93. The molecule has 1 aliphatic heterocycles. The highest BCUT2D eigenvalue weighted by atomic mass is 16.6. The average molecular weight is 259 g/mol. The molecule has 1 aromatic rings. The van der Waals surface area contributed by atoms with Gasteiger partial charge in [-0.25, -0.2) is 4.79 Å². The van der Waals surface area contributed by atoms with Gasteiger partial charge < -0.3 is 25.8 Å². The maximum atomic E-state index is 11.5. The fourth-order valence-electron chi connectivity index (χ4n) is 1.80. The number of rotatable bonds is 2. The Balaban J connectivity index is 2.42. The number of nitrogens with two attached hydrogens (primary N) is 1. The highest BCUT2D eigenvalue weighted by Gasteiger charge is 2.43. The van der Waals surface area contributed by atoms with Crippen LogP contribution in [0.1, 0.15) is 6.23 Å². The SMILES string of the molecule is Nc1cn([C@@H]2O[C@H](CO)[C@H](O)[C@H]2O)c(=O)[nH]c1=O. The van der Waals surface area contributed by atoms with Gasteiger partial charge in [-0.1, -0.05) is 0 Å². The molecular formula is C9H13N3O6. The predicted molar refractivity (Wildman–Crippen MR) is 58.7 cm³/mol. The second-order valence-electron chi connectivity index (χ2n) is 3.98. The molecule has 2 rings (SSSR count). The van der Waals surface area contributed by atoms with E-state index in [2.05, 4.69) is 0 Å². The number of ether oxygens (including phenoxy) is 1. The fourth-order valence-corrected chi connectivity index (χ4v) is 1.80. The molecule has 0 spiro atoms. The van der Waals surface area contributed by atoms with E-state index in [1.54, 1.807) is 0 Å². The topological polar surface area (TPSA) is 151 Å². The van der Waals surface area contributed by atoms with E-state index < -0.39 is 42.4 Å². The van der Waals surface area contributed by atoms with E-state index >= 15 is 0 Å². The Labute approximate surface area is 100 Å². The minimum atomic E-state index is -1.41. The molecule has 1 fully saturated rings. The molecule has 9 nitrogen and oxygen atoms in total. The Morgan fingerprint density at radius 2 is 2.06 bits per heavy atom. The van der Waals surface area contributed by atoms with Gasteiger partial charge in [-0.2, -0.15) is 0 Å². The summed E-state index contributed by atoms with van der Waals surface area (Å²) in [6, 6.07) is 0. The van der Waals surface area contributed by atoms with Crippen LogP contribution in [0.15, 0.2) is 15.8 Å². The summed E-state index contributed by atoms with van der Waals surface area (Å²) in [6.07, 6.45) is -3.96. The fraction of sp³-hybridized carbons (Fsp3) is 0.556. The summed E-state index contributed by atoms with van der Waals surface area (Å²) in [4.78, 5) is 24.6. The first-order valence-electron chi connectivity index (χ1n) is 5.19. The molecule has 2 heterocycles. The molecule has 1 saturated heterocycles. The lowest BCUT2D eigenvalue weighted by molar-refractivity contribution is -0.0549. The molecule has 0 amide bonds. The van der Waals surface area contributed by atoms with Gasteiger partial charge in [-0.05, 0) is 0 Å². The molecule has 1 aromatic heterocycles. The number of nitrogens with one attached hydrogen (secondary N) is 1. The maximum absolute atomic E-state index is 11.5. The van der Waals surface area contributed by atoms with Gasteiger partial charge in [0, 0.05) is 6.20 Å². The van der Waals surface area contributed by atoms with Gasteiger partial charge in [-0.15, -0.1) is 0 Å². The van der Waals surface area contributed by atoms with Crippen LogP contribution in [-0.2, 0) is 4.74 Å². The molecule has 0 saturated carbocycles. The van der Waals surface area contributed by atoms with Crippen molar-refractivity contribution in [1.82, 2.24) is 9.55 Å². The van der Waals surface area contributed by atoms with Crippen molar-refractivity contribution in [2.45, 2.75) is 24.5 Å². The number of aromatic amines is 1. The highest BCUT2D eigenvalue weighted by Crippen LogP contribution is 2.27. The zero-order valence-electron chi connectivity index (χ0n) is 9.18. The summed E-state index contributed by atoms with van der Waals surface area (Å²) in [5.74, 6) is 0. The normalized spacial score (nSPS) is 31.7. The second-order valence-corrected chi connectivity index (χ2v) is 3.98. The third-order valence-electron chi connectivity index (χ3n) is 2.79. The lowest BCUT2D eigenvalue weighted by atomic mass is 10.1. The molecule has 9 heteroatoms. The Bertz CT molecular complexity index is 552. The van der Waals surface area contributed by atoms with Gasteiger partial charge in [0.2, 0.25) is 0 Å². The first-order valence-corrected chi connectivity index (χ1v) is 5.19. The Kier molecular flexibility index (Phi) is 3.22. The summed E-state index contributed by atoms with van der Waals surface area (Å²) in [5.41, 5.74) is 3.55. The maximum Gasteiger partial charge on any atom is 0.330 e. The minimum absolute atomic E-state index is 0.229. The summed E-state index contributed by atoms with van der Waals surface area (Å²) in [7, 11) is 0. The molecule has 18 heavy (non-hydrogen) atoms. The number of hydrogen-bond donors (Lipinski definition) is 5. The first kappa shape index (κ1) is 12.8. The van der Waals surface area contributed by atoms with E-state index in [0.29, 0.717) is 0 Å². The number of aromatic nitrogens is 2. The zero-order chi connectivity index (χ0) is 13.4. The average Bonchev–Trinajstić information content (AvgIpc) is 2.61. The molecule has 0 aromatic carbocycles.